The first-order valence-electron chi connectivity index (χ1n) is 7.28. The van der Waals surface area contributed by atoms with E-state index in [2.05, 4.69) is 28.0 Å². The van der Waals surface area contributed by atoms with E-state index in [0.29, 0.717) is 11.6 Å². The molecule has 0 saturated carbocycles. The number of alkyl halides is 3. The number of piperidine rings is 1. The number of carbonyl (C=O) groups excluding carboxylic acids is 1. The van der Waals surface area contributed by atoms with Gasteiger partial charge in [-0.15, -0.1) is 0 Å². The molecule has 124 valence electrons. The van der Waals surface area contributed by atoms with Crippen LogP contribution in [0, 0.1) is 12.8 Å². The van der Waals surface area contributed by atoms with Gasteiger partial charge in [-0.1, -0.05) is 6.92 Å². The molecule has 1 atom stereocenters. The Morgan fingerprint density at radius 2 is 2.14 bits per heavy atom. The lowest BCUT2D eigenvalue weighted by Crippen LogP contribution is -2.39. The maximum absolute atomic E-state index is 12.8. The van der Waals surface area contributed by atoms with Gasteiger partial charge in [0.1, 0.15) is 0 Å². The van der Waals surface area contributed by atoms with Crippen molar-refractivity contribution in [2.45, 2.75) is 45.8 Å². The maximum atomic E-state index is 12.8. The standard InChI is InChI=1S/C14H19BrF3N3O/c1-9-4-3-6-20(8-9)11(22)5-7-21-10(2)12(15)13(19-21)14(16,17)18/h9H,3-8H2,1-2H3/t9-/m1/s1. The number of hydrogen-bond donors (Lipinski definition) is 0. The van der Waals surface area contributed by atoms with E-state index in [-0.39, 0.29) is 23.3 Å². The van der Waals surface area contributed by atoms with Crippen LogP contribution in [0.2, 0.25) is 0 Å². The Balaban J connectivity index is 2.01. The summed E-state index contributed by atoms with van der Waals surface area (Å²) in [6, 6.07) is 0. The topological polar surface area (TPSA) is 38.1 Å². The molecule has 2 heterocycles. The number of aryl methyl sites for hydroxylation is 1. The first-order valence-corrected chi connectivity index (χ1v) is 8.07. The molecular formula is C14H19BrF3N3O. The van der Waals surface area contributed by atoms with Crippen LogP contribution < -0.4 is 0 Å². The highest BCUT2D eigenvalue weighted by Crippen LogP contribution is 2.35. The molecule has 0 N–H and O–H groups in total. The summed E-state index contributed by atoms with van der Waals surface area (Å²) in [6.07, 6.45) is -2.23. The monoisotopic (exact) mass is 381 g/mol. The zero-order valence-electron chi connectivity index (χ0n) is 12.6. The second kappa shape index (κ2) is 6.60. The molecule has 0 bridgehead atoms. The van der Waals surface area contributed by atoms with Gasteiger partial charge in [-0.25, -0.2) is 0 Å². The van der Waals surface area contributed by atoms with Gasteiger partial charge in [0.2, 0.25) is 5.91 Å². The number of nitrogens with zero attached hydrogens (tertiary/aromatic N) is 3. The molecule has 1 aliphatic rings. The largest absolute Gasteiger partial charge is 0.436 e. The molecule has 1 aromatic heterocycles. The summed E-state index contributed by atoms with van der Waals surface area (Å²) in [5.74, 6) is 0.459. The molecule has 8 heteroatoms. The van der Waals surface area contributed by atoms with Crippen LogP contribution in [-0.2, 0) is 17.5 Å². The summed E-state index contributed by atoms with van der Waals surface area (Å²) in [5, 5.41) is 3.59. The van der Waals surface area contributed by atoms with Gasteiger partial charge in [0.25, 0.3) is 0 Å². The van der Waals surface area contributed by atoms with Crippen molar-refractivity contribution in [3.8, 4) is 0 Å². The van der Waals surface area contributed by atoms with Crippen molar-refractivity contribution in [1.82, 2.24) is 14.7 Å². The lowest BCUT2D eigenvalue weighted by molar-refractivity contribution is -0.142. The van der Waals surface area contributed by atoms with Crippen LogP contribution in [0.4, 0.5) is 13.2 Å². The van der Waals surface area contributed by atoms with Crippen LogP contribution >= 0.6 is 15.9 Å². The molecule has 0 aromatic carbocycles. The van der Waals surface area contributed by atoms with Crippen LogP contribution in [-0.4, -0.2) is 33.7 Å². The van der Waals surface area contributed by atoms with E-state index in [1.165, 1.54) is 4.68 Å². The van der Waals surface area contributed by atoms with Gasteiger partial charge in [-0.05, 0) is 41.6 Å². The van der Waals surface area contributed by atoms with Crippen LogP contribution in [0.1, 0.15) is 37.6 Å². The Bertz CT molecular complexity index is 556. The number of carbonyl (C=O) groups is 1. The van der Waals surface area contributed by atoms with E-state index < -0.39 is 11.9 Å². The highest BCUT2D eigenvalue weighted by Gasteiger charge is 2.38. The number of aromatic nitrogens is 2. The first kappa shape index (κ1) is 17.3. The molecule has 1 aromatic rings. The molecule has 0 radical (unpaired) electrons. The molecule has 0 aliphatic carbocycles. The Hall–Kier alpha value is -1.05. The van der Waals surface area contributed by atoms with Crippen molar-refractivity contribution in [1.29, 1.82) is 0 Å². The molecular weight excluding hydrogens is 363 g/mol. The van der Waals surface area contributed by atoms with Gasteiger partial charge in [0.05, 0.1) is 16.7 Å². The SMILES string of the molecule is Cc1c(Br)c(C(F)(F)F)nn1CCC(=O)N1CCC[C@@H](C)C1. The summed E-state index contributed by atoms with van der Waals surface area (Å²) >= 11 is 2.93. The summed E-state index contributed by atoms with van der Waals surface area (Å²) in [5.41, 5.74) is -0.559. The van der Waals surface area contributed by atoms with E-state index in [1.807, 2.05) is 0 Å². The van der Waals surface area contributed by atoms with Gasteiger partial charge in [-0.3, -0.25) is 9.48 Å². The molecule has 0 spiro atoms. The third-order valence-electron chi connectivity index (χ3n) is 3.95. The second-order valence-corrected chi connectivity index (χ2v) is 6.60. The fourth-order valence-corrected chi connectivity index (χ4v) is 3.21. The smallest absolute Gasteiger partial charge is 0.342 e. The minimum absolute atomic E-state index is 0.0221. The Morgan fingerprint density at radius 1 is 1.45 bits per heavy atom. The van der Waals surface area contributed by atoms with E-state index in [0.717, 1.165) is 25.9 Å². The van der Waals surface area contributed by atoms with E-state index in [4.69, 9.17) is 0 Å². The molecule has 1 fully saturated rings. The van der Waals surface area contributed by atoms with Crippen LogP contribution in [0.5, 0.6) is 0 Å². The Labute approximate surface area is 135 Å². The fraction of sp³-hybridized carbons (Fsp3) is 0.714. The molecule has 22 heavy (non-hydrogen) atoms. The van der Waals surface area contributed by atoms with Crippen molar-refractivity contribution < 1.29 is 18.0 Å². The number of amides is 1. The fourth-order valence-electron chi connectivity index (χ4n) is 2.70. The van der Waals surface area contributed by atoms with E-state index in [9.17, 15) is 18.0 Å². The van der Waals surface area contributed by atoms with Gasteiger partial charge in [0.15, 0.2) is 5.69 Å². The lowest BCUT2D eigenvalue weighted by Gasteiger charge is -2.31. The average Bonchev–Trinajstić information content (AvgIpc) is 2.72. The van der Waals surface area contributed by atoms with Crippen molar-refractivity contribution in [2.75, 3.05) is 13.1 Å². The predicted octanol–water partition coefficient (Wildman–Crippen LogP) is 3.62. The number of halogens is 4. The quantitative estimate of drug-likeness (QED) is 0.801. The molecule has 0 unspecified atom stereocenters. The van der Waals surface area contributed by atoms with Crippen molar-refractivity contribution >= 4 is 21.8 Å². The van der Waals surface area contributed by atoms with Crippen LogP contribution in [0.3, 0.4) is 0 Å². The Kier molecular flexibility index (Phi) is 5.19. The van der Waals surface area contributed by atoms with E-state index in [1.54, 1.807) is 11.8 Å². The summed E-state index contributed by atoms with van der Waals surface area (Å²) < 4.78 is 39.6. The minimum Gasteiger partial charge on any atom is -0.342 e. The van der Waals surface area contributed by atoms with Crippen LogP contribution in [0.25, 0.3) is 0 Å². The summed E-state index contributed by atoms with van der Waals surface area (Å²) in [6.45, 7) is 5.28. The second-order valence-electron chi connectivity index (χ2n) is 5.81. The zero-order chi connectivity index (χ0) is 16.5. The molecule has 4 nitrogen and oxygen atoms in total. The van der Waals surface area contributed by atoms with Gasteiger partial charge in [0, 0.05) is 19.5 Å². The third-order valence-corrected chi connectivity index (χ3v) is 4.90. The van der Waals surface area contributed by atoms with Crippen molar-refractivity contribution in [2.24, 2.45) is 5.92 Å². The molecule has 1 saturated heterocycles. The molecule has 1 amide bonds. The molecule has 1 aliphatic heterocycles. The number of hydrogen-bond acceptors (Lipinski definition) is 2. The van der Waals surface area contributed by atoms with E-state index >= 15 is 0 Å². The van der Waals surface area contributed by atoms with Crippen molar-refractivity contribution in [3.63, 3.8) is 0 Å². The van der Waals surface area contributed by atoms with Gasteiger partial charge < -0.3 is 4.90 Å². The van der Waals surface area contributed by atoms with Gasteiger partial charge >= 0.3 is 6.18 Å². The predicted molar refractivity (Wildman–Crippen MR) is 79.3 cm³/mol. The normalized spacial score (nSPS) is 19.5. The number of likely N-dealkylation sites (tertiary alicyclic amines) is 1. The van der Waals surface area contributed by atoms with Crippen LogP contribution in [0.15, 0.2) is 4.47 Å². The summed E-state index contributed by atoms with van der Waals surface area (Å²) in [4.78, 5) is 14.0. The Morgan fingerprint density at radius 3 is 2.68 bits per heavy atom. The maximum Gasteiger partial charge on any atom is 0.436 e. The first-order chi connectivity index (χ1) is 10.2. The highest BCUT2D eigenvalue weighted by molar-refractivity contribution is 9.10. The summed E-state index contributed by atoms with van der Waals surface area (Å²) in [7, 11) is 0. The number of rotatable bonds is 3. The minimum atomic E-state index is -4.50. The zero-order valence-corrected chi connectivity index (χ0v) is 14.2. The average molecular weight is 382 g/mol. The third kappa shape index (κ3) is 3.83. The van der Waals surface area contributed by atoms with Crippen molar-refractivity contribution in [3.05, 3.63) is 15.9 Å². The lowest BCUT2D eigenvalue weighted by atomic mass is 10.00. The van der Waals surface area contributed by atoms with Gasteiger partial charge in [-0.2, -0.15) is 18.3 Å². The highest BCUT2D eigenvalue weighted by atomic mass is 79.9. The molecule has 2 rings (SSSR count).